The highest BCUT2D eigenvalue weighted by molar-refractivity contribution is 5.74. The molecule has 25 heavy (non-hydrogen) atoms. The number of benzene rings is 1. The van der Waals surface area contributed by atoms with Gasteiger partial charge in [-0.05, 0) is 55.7 Å². The smallest absolute Gasteiger partial charge is 0.317 e. The van der Waals surface area contributed by atoms with Crippen molar-refractivity contribution in [3.05, 3.63) is 34.9 Å². The van der Waals surface area contributed by atoms with Gasteiger partial charge in [0.15, 0.2) is 0 Å². The van der Waals surface area contributed by atoms with E-state index in [0.717, 1.165) is 32.0 Å². The Bertz CT molecular complexity index is 601. The second-order valence-corrected chi connectivity index (χ2v) is 7.57. The normalized spacial score (nSPS) is 21.4. The summed E-state index contributed by atoms with van der Waals surface area (Å²) in [6.45, 7) is 8.48. The van der Waals surface area contributed by atoms with Gasteiger partial charge in [0.25, 0.3) is 0 Å². The van der Waals surface area contributed by atoms with E-state index >= 15 is 0 Å². The molecule has 0 radical (unpaired) electrons. The molecule has 5 nitrogen and oxygen atoms in total. The molecule has 2 aliphatic rings. The van der Waals surface area contributed by atoms with Gasteiger partial charge in [-0.1, -0.05) is 18.2 Å². The quantitative estimate of drug-likeness (QED) is 0.832. The molecule has 1 saturated heterocycles. The summed E-state index contributed by atoms with van der Waals surface area (Å²) in [7, 11) is 0. The first-order valence-electron chi connectivity index (χ1n) is 9.51. The number of nitrogens with one attached hydrogen (secondary N) is 1. The number of hydrogen-bond donors (Lipinski definition) is 2. The molecule has 1 aliphatic carbocycles. The van der Waals surface area contributed by atoms with Gasteiger partial charge in [0, 0.05) is 45.4 Å². The van der Waals surface area contributed by atoms with Crippen LogP contribution in [0.15, 0.2) is 18.2 Å². The summed E-state index contributed by atoms with van der Waals surface area (Å²) in [5.74, 6) is 0.839. The van der Waals surface area contributed by atoms with Crippen molar-refractivity contribution in [3.8, 4) is 0 Å². The largest absolute Gasteiger partial charge is 0.396 e. The number of aliphatic hydroxyl groups excluding tert-OH is 1. The molecule has 1 aliphatic heterocycles. The highest BCUT2D eigenvalue weighted by Crippen LogP contribution is 2.31. The Labute approximate surface area is 151 Å². The highest BCUT2D eigenvalue weighted by Gasteiger charge is 2.33. The van der Waals surface area contributed by atoms with Crippen LogP contribution in [0.1, 0.15) is 36.0 Å². The lowest BCUT2D eigenvalue weighted by Gasteiger charge is -2.41. The number of piperazine rings is 1. The monoisotopic (exact) mass is 345 g/mol. The average molecular weight is 345 g/mol. The van der Waals surface area contributed by atoms with Crippen LogP contribution in [-0.2, 0) is 6.54 Å². The van der Waals surface area contributed by atoms with Crippen LogP contribution in [0.4, 0.5) is 4.79 Å². The molecular formula is C20H31N3O2. The molecule has 1 saturated carbocycles. The minimum Gasteiger partial charge on any atom is -0.396 e. The lowest BCUT2D eigenvalue weighted by Crippen LogP contribution is -2.57. The van der Waals surface area contributed by atoms with E-state index in [1.54, 1.807) is 0 Å². The summed E-state index contributed by atoms with van der Waals surface area (Å²) in [6.07, 6.45) is 3.41. The molecule has 2 amide bonds. The number of carbonyl (C=O) groups is 1. The summed E-state index contributed by atoms with van der Waals surface area (Å²) in [6, 6.07) is 6.50. The van der Waals surface area contributed by atoms with E-state index in [4.69, 9.17) is 0 Å². The predicted octanol–water partition coefficient (Wildman–Crippen LogP) is 2.29. The Hall–Kier alpha value is -1.59. The van der Waals surface area contributed by atoms with Crippen molar-refractivity contribution in [2.75, 3.05) is 32.8 Å². The zero-order valence-electron chi connectivity index (χ0n) is 15.5. The van der Waals surface area contributed by atoms with Crippen molar-refractivity contribution >= 4 is 6.03 Å². The maximum Gasteiger partial charge on any atom is 0.317 e. The number of aryl methyl sites for hydroxylation is 1. The van der Waals surface area contributed by atoms with Crippen LogP contribution in [0, 0.1) is 19.8 Å². The molecule has 1 atom stereocenters. The van der Waals surface area contributed by atoms with Crippen LogP contribution >= 0.6 is 0 Å². The van der Waals surface area contributed by atoms with E-state index in [1.165, 1.54) is 29.5 Å². The second kappa shape index (κ2) is 8.19. The molecule has 138 valence electrons. The van der Waals surface area contributed by atoms with Crippen molar-refractivity contribution in [2.24, 2.45) is 5.92 Å². The Morgan fingerprint density at radius 2 is 2.08 bits per heavy atom. The SMILES string of the molecule is Cc1cccc(CNC(=O)N2CCN(CC3CC3)[C@H](CCO)C2)c1C. The van der Waals surface area contributed by atoms with Gasteiger partial charge in [-0.25, -0.2) is 4.79 Å². The van der Waals surface area contributed by atoms with Crippen molar-refractivity contribution in [3.63, 3.8) is 0 Å². The van der Waals surface area contributed by atoms with Crippen LogP contribution in [0.5, 0.6) is 0 Å². The Morgan fingerprint density at radius 1 is 1.28 bits per heavy atom. The minimum atomic E-state index is 0.00918. The number of amides is 2. The zero-order valence-corrected chi connectivity index (χ0v) is 15.5. The lowest BCUT2D eigenvalue weighted by atomic mass is 10.0. The van der Waals surface area contributed by atoms with Gasteiger partial charge < -0.3 is 15.3 Å². The van der Waals surface area contributed by atoms with Crippen LogP contribution in [0.25, 0.3) is 0 Å². The third kappa shape index (κ3) is 4.73. The minimum absolute atomic E-state index is 0.00918. The summed E-state index contributed by atoms with van der Waals surface area (Å²) in [5.41, 5.74) is 3.67. The Kier molecular flexibility index (Phi) is 5.97. The fourth-order valence-corrected chi connectivity index (χ4v) is 3.66. The van der Waals surface area contributed by atoms with E-state index in [9.17, 15) is 9.90 Å². The fourth-order valence-electron chi connectivity index (χ4n) is 3.66. The molecule has 3 rings (SSSR count). The number of nitrogens with zero attached hydrogens (tertiary/aromatic N) is 2. The van der Waals surface area contributed by atoms with Crippen LogP contribution in [-0.4, -0.2) is 59.8 Å². The molecule has 0 spiro atoms. The Morgan fingerprint density at radius 3 is 2.80 bits per heavy atom. The van der Waals surface area contributed by atoms with E-state index in [1.807, 2.05) is 11.0 Å². The molecular weight excluding hydrogens is 314 g/mol. The molecule has 5 heteroatoms. The van der Waals surface area contributed by atoms with Crippen molar-refractivity contribution in [1.82, 2.24) is 15.1 Å². The second-order valence-electron chi connectivity index (χ2n) is 7.57. The van der Waals surface area contributed by atoms with Gasteiger partial charge in [-0.3, -0.25) is 4.90 Å². The van der Waals surface area contributed by atoms with Crippen molar-refractivity contribution in [2.45, 2.75) is 45.7 Å². The maximum absolute atomic E-state index is 12.6. The number of aliphatic hydroxyl groups is 1. The topological polar surface area (TPSA) is 55.8 Å². The van der Waals surface area contributed by atoms with E-state index in [2.05, 4.69) is 36.2 Å². The van der Waals surface area contributed by atoms with Gasteiger partial charge in [-0.15, -0.1) is 0 Å². The Balaban J connectivity index is 1.54. The molecule has 1 aromatic rings. The molecule has 1 aromatic carbocycles. The third-order valence-corrected chi connectivity index (χ3v) is 5.69. The standard InChI is InChI=1S/C20H31N3O2/c1-15-4-3-5-18(16(15)2)12-21-20(25)23-10-9-22(13-17-6-7-17)19(14-23)8-11-24/h3-5,17,19,24H,6-14H2,1-2H3,(H,21,25)/t19-/m1/s1. The van der Waals surface area contributed by atoms with Crippen LogP contribution in [0.3, 0.4) is 0 Å². The van der Waals surface area contributed by atoms with Crippen molar-refractivity contribution < 1.29 is 9.90 Å². The fraction of sp³-hybridized carbons (Fsp3) is 0.650. The van der Waals surface area contributed by atoms with Gasteiger partial charge in [0.1, 0.15) is 0 Å². The maximum atomic E-state index is 12.6. The highest BCUT2D eigenvalue weighted by atomic mass is 16.3. The number of carbonyl (C=O) groups excluding carboxylic acids is 1. The first-order valence-corrected chi connectivity index (χ1v) is 9.51. The number of urea groups is 1. The van der Waals surface area contributed by atoms with Gasteiger partial charge in [0.2, 0.25) is 0 Å². The van der Waals surface area contributed by atoms with Crippen LogP contribution < -0.4 is 5.32 Å². The van der Waals surface area contributed by atoms with Gasteiger partial charge in [-0.2, -0.15) is 0 Å². The average Bonchev–Trinajstić information content (AvgIpc) is 3.42. The number of rotatable bonds is 6. The molecule has 0 bridgehead atoms. The summed E-state index contributed by atoms with van der Waals surface area (Å²) in [4.78, 5) is 17.0. The van der Waals surface area contributed by atoms with Gasteiger partial charge >= 0.3 is 6.03 Å². The van der Waals surface area contributed by atoms with Gasteiger partial charge in [0.05, 0.1) is 0 Å². The summed E-state index contributed by atoms with van der Waals surface area (Å²) in [5, 5.41) is 12.4. The molecule has 0 aromatic heterocycles. The van der Waals surface area contributed by atoms with E-state index in [-0.39, 0.29) is 18.7 Å². The lowest BCUT2D eigenvalue weighted by molar-refractivity contribution is 0.0703. The predicted molar refractivity (Wildman–Crippen MR) is 99.5 cm³/mol. The van der Waals surface area contributed by atoms with E-state index < -0.39 is 0 Å². The molecule has 2 N–H and O–H groups in total. The summed E-state index contributed by atoms with van der Waals surface area (Å²) >= 11 is 0. The van der Waals surface area contributed by atoms with E-state index in [0.29, 0.717) is 13.1 Å². The zero-order chi connectivity index (χ0) is 17.8. The van der Waals surface area contributed by atoms with Crippen molar-refractivity contribution in [1.29, 1.82) is 0 Å². The first kappa shape index (κ1) is 18.2. The number of hydrogen-bond acceptors (Lipinski definition) is 3. The molecule has 0 unspecified atom stereocenters. The summed E-state index contributed by atoms with van der Waals surface area (Å²) < 4.78 is 0. The van der Waals surface area contributed by atoms with Crippen LogP contribution in [0.2, 0.25) is 0 Å². The molecule has 1 heterocycles. The third-order valence-electron chi connectivity index (χ3n) is 5.69. The molecule has 2 fully saturated rings. The first-order chi connectivity index (χ1) is 12.1.